The summed E-state index contributed by atoms with van der Waals surface area (Å²) in [6.45, 7) is 4.51. The predicted molar refractivity (Wildman–Crippen MR) is 202 cm³/mol. The molecule has 0 spiro atoms. The fourth-order valence-electron chi connectivity index (χ4n) is 5.81. The first kappa shape index (κ1) is 45.6. The predicted octanol–water partition coefficient (Wildman–Crippen LogP) is 11.4. The van der Waals surface area contributed by atoms with Crippen molar-refractivity contribution in [2.75, 3.05) is 5.75 Å². The standard InChI is InChI=1S/C40H75NO5S/c1-3-5-7-9-11-13-15-17-19-20-22-23-25-27-29-31-33-35-39(42)38(37-47(44,45)46)41-40(43)36-34-32-30-28-26-24-21-18-16-14-12-10-8-6-4-2/h18,21,25,27,33,35,38-39,42H,3-17,19-20,22-24,26,28-32,34,36-37H2,1-2H3,(H,41,43)(H,44,45,46)/b21-18-,27-25+,35-33+. The molecule has 7 heteroatoms. The molecule has 0 rings (SSSR count). The van der Waals surface area contributed by atoms with Crippen LogP contribution in [0.3, 0.4) is 0 Å². The summed E-state index contributed by atoms with van der Waals surface area (Å²) in [6.07, 6.45) is 44.1. The van der Waals surface area contributed by atoms with E-state index in [1.165, 1.54) is 122 Å². The molecule has 2 unspecified atom stereocenters. The Morgan fingerprint density at radius 1 is 0.553 bits per heavy atom. The van der Waals surface area contributed by atoms with Crippen LogP contribution in [0.15, 0.2) is 36.5 Å². The highest BCUT2D eigenvalue weighted by molar-refractivity contribution is 7.85. The lowest BCUT2D eigenvalue weighted by Crippen LogP contribution is -2.46. The van der Waals surface area contributed by atoms with E-state index < -0.39 is 28.0 Å². The largest absolute Gasteiger partial charge is 0.387 e. The molecule has 0 aromatic heterocycles. The Balaban J connectivity index is 4.01. The van der Waals surface area contributed by atoms with Gasteiger partial charge in [-0.15, -0.1) is 0 Å². The SMILES string of the molecule is CCCCCCCC/C=C\CCCCCCCC(=O)NC(CS(=O)(=O)O)C(O)/C=C/CC/C=C/CCCCCCCCCCCCC. The van der Waals surface area contributed by atoms with Gasteiger partial charge in [-0.1, -0.05) is 166 Å². The van der Waals surface area contributed by atoms with Gasteiger partial charge < -0.3 is 10.4 Å². The van der Waals surface area contributed by atoms with Gasteiger partial charge in [0.25, 0.3) is 10.1 Å². The highest BCUT2D eigenvalue weighted by Crippen LogP contribution is 2.13. The van der Waals surface area contributed by atoms with Crippen molar-refractivity contribution in [2.24, 2.45) is 0 Å². The minimum atomic E-state index is -4.35. The zero-order chi connectivity index (χ0) is 34.7. The van der Waals surface area contributed by atoms with E-state index in [9.17, 15) is 22.9 Å². The van der Waals surface area contributed by atoms with Gasteiger partial charge in [0, 0.05) is 6.42 Å². The van der Waals surface area contributed by atoms with E-state index in [1.807, 2.05) is 6.08 Å². The fraction of sp³-hybridized carbons (Fsp3) is 0.825. The van der Waals surface area contributed by atoms with Gasteiger partial charge in [-0.2, -0.15) is 8.42 Å². The topological polar surface area (TPSA) is 104 Å². The molecule has 0 aliphatic heterocycles. The van der Waals surface area contributed by atoms with Crippen LogP contribution in [-0.4, -0.2) is 41.9 Å². The van der Waals surface area contributed by atoms with Crippen molar-refractivity contribution in [1.82, 2.24) is 5.32 Å². The molecule has 0 radical (unpaired) electrons. The summed E-state index contributed by atoms with van der Waals surface area (Å²) in [7, 11) is -4.35. The number of unbranched alkanes of at least 4 members (excludes halogenated alkanes) is 23. The van der Waals surface area contributed by atoms with Crippen molar-refractivity contribution in [3.63, 3.8) is 0 Å². The van der Waals surface area contributed by atoms with Crippen LogP contribution in [0, 0.1) is 0 Å². The first-order chi connectivity index (χ1) is 22.8. The lowest BCUT2D eigenvalue weighted by Gasteiger charge is -2.21. The summed E-state index contributed by atoms with van der Waals surface area (Å²) in [6, 6.07) is -1.08. The van der Waals surface area contributed by atoms with Crippen LogP contribution in [0.4, 0.5) is 0 Å². The van der Waals surface area contributed by atoms with Gasteiger partial charge in [0.2, 0.25) is 5.91 Å². The number of carbonyl (C=O) groups excluding carboxylic acids is 1. The van der Waals surface area contributed by atoms with Crippen LogP contribution in [0.1, 0.15) is 194 Å². The first-order valence-corrected chi connectivity index (χ1v) is 21.3. The zero-order valence-corrected chi connectivity index (χ0v) is 31.5. The van der Waals surface area contributed by atoms with Crippen LogP contribution < -0.4 is 5.32 Å². The number of aliphatic hydroxyl groups excluding tert-OH is 1. The van der Waals surface area contributed by atoms with Crippen LogP contribution >= 0.6 is 0 Å². The van der Waals surface area contributed by atoms with Crippen molar-refractivity contribution in [3.8, 4) is 0 Å². The number of allylic oxidation sites excluding steroid dienone is 5. The average molecular weight is 682 g/mol. The number of carbonyl (C=O) groups is 1. The maximum absolute atomic E-state index is 12.5. The number of amides is 1. The summed E-state index contributed by atoms with van der Waals surface area (Å²) in [5, 5.41) is 13.2. The zero-order valence-electron chi connectivity index (χ0n) is 30.7. The van der Waals surface area contributed by atoms with E-state index in [0.717, 1.165) is 51.4 Å². The molecule has 0 bridgehead atoms. The lowest BCUT2D eigenvalue weighted by molar-refractivity contribution is -0.122. The van der Waals surface area contributed by atoms with Crippen LogP contribution in [0.5, 0.6) is 0 Å². The summed E-state index contributed by atoms with van der Waals surface area (Å²) < 4.78 is 32.4. The molecular formula is C40H75NO5S. The Morgan fingerprint density at radius 2 is 0.915 bits per heavy atom. The summed E-state index contributed by atoms with van der Waals surface area (Å²) in [5.74, 6) is -1.01. The molecular weight excluding hydrogens is 607 g/mol. The third kappa shape index (κ3) is 35.7. The molecule has 0 aliphatic rings. The molecule has 0 aliphatic carbocycles. The number of hydrogen-bond donors (Lipinski definition) is 3. The van der Waals surface area contributed by atoms with Crippen molar-refractivity contribution in [1.29, 1.82) is 0 Å². The smallest absolute Gasteiger partial charge is 0.267 e. The molecule has 1 amide bonds. The van der Waals surface area contributed by atoms with Gasteiger partial charge in [-0.3, -0.25) is 9.35 Å². The van der Waals surface area contributed by atoms with E-state index in [2.05, 4.69) is 43.5 Å². The summed E-state index contributed by atoms with van der Waals surface area (Å²) in [4.78, 5) is 12.5. The molecule has 2 atom stereocenters. The maximum Gasteiger partial charge on any atom is 0.267 e. The monoisotopic (exact) mass is 682 g/mol. The fourth-order valence-corrected chi connectivity index (χ4v) is 6.55. The van der Waals surface area contributed by atoms with Crippen LogP contribution in [0.2, 0.25) is 0 Å². The molecule has 0 saturated heterocycles. The van der Waals surface area contributed by atoms with Gasteiger partial charge in [-0.25, -0.2) is 0 Å². The molecule has 0 aromatic carbocycles. The highest BCUT2D eigenvalue weighted by atomic mass is 32.2. The Hall–Kier alpha value is -1.44. The molecule has 47 heavy (non-hydrogen) atoms. The quantitative estimate of drug-likeness (QED) is 0.0351. The number of hydrogen-bond acceptors (Lipinski definition) is 4. The van der Waals surface area contributed by atoms with Crippen LogP contribution in [0.25, 0.3) is 0 Å². The lowest BCUT2D eigenvalue weighted by atomic mass is 10.1. The van der Waals surface area contributed by atoms with Crippen LogP contribution in [-0.2, 0) is 14.9 Å². The summed E-state index contributed by atoms with van der Waals surface area (Å²) >= 11 is 0. The molecule has 3 N–H and O–H groups in total. The Kier molecular flexibility index (Phi) is 33.4. The van der Waals surface area contributed by atoms with Gasteiger partial charge in [0.15, 0.2) is 0 Å². The Labute approximate surface area is 291 Å². The minimum absolute atomic E-state index is 0.278. The van der Waals surface area contributed by atoms with E-state index in [0.29, 0.717) is 6.42 Å². The molecule has 0 aromatic rings. The van der Waals surface area contributed by atoms with E-state index in [4.69, 9.17) is 0 Å². The van der Waals surface area contributed by atoms with Crippen molar-refractivity contribution in [3.05, 3.63) is 36.5 Å². The second-order valence-electron chi connectivity index (χ2n) is 13.5. The Morgan fingerprint density at radius 3 is 1.34 bits per heavy atom. The van der Waals surface area contributed by atoms with Gasteiger partial charge in [-0.05, 0) is 57.8 Å². The first-order valence-electron chi connectivity index (χ1n) is 19.7. The average Bonchev–Trinajstić information content (AvgIpc) is 3.03. The van der Waals surface area contributed by atoms with Crippen molar-refractivity contribution >= 4 is 16.0 Å². The highest BCUT2D eigenvalue weighted by Gasteiger charge is 2.24. The molecule has 0 fully saturated rings. The molecule has 0 saturated carbocycles. The number of aliphatic hydroxyl groups is 1. The number of rotatable bonds is 35. The molecule has 0 heterocycles. The molecule has 276 valence electrons. The normalized spacial score (nSPS) is 13.7. The van der Waals surface area contributed by atoms with Crippen molar-refractivity contribution < 1.29 is 22.9 Å². The minimum Gasteiger partial charge on any atom is -0.387 e. The number of nitrogens with one attached hydrogen (secondary N) is 1. The second-order valence-corrected chi connectivity index (χ2v) is 15.0. The third-order valence-corrected chi connectivity index (χ3v) is 9.57. The maximum atomic E-state index is 12.5. The van der Waals surface area contributed by atoms with E-state index in [1.54, 1.807) is 0 Å². The van der Waals surface area contributed by atoms with E-state index in [-0.39, 0.29) is 12.3 Å². The van der Waals surface area contributed by atoms with Gasteiger partial charge >= 0.3 is 0 Å². The second kappa shape index (κ2) is 34.4. The van der Waals surface area contributed by atoms with E-state index >= 15 is 0 Å². The third-order valence-electron chi connectivity index (χ3n) is 8.79. The van der Waals surface area contributed by atoms with Crippen molar-refractivity contribution in [2.45, 2.75) is 206 Å². The molecule has 6 nitrogen and oxygen atoms in total. The van der Waals surface area contributed by atoms with Gasteiger partial charge in [0.1, 0.15) is 0 Å². The van der Waals surface area contributed by atoms with Gasteiger partial charge in [0.05, 0.1) is 17.9 Å². The Bertz CT molecular complexity index is 883. The summed E-state index contributed by atoms with van der Waals surface area (Å²) in [5.41, 5.74) is 0.